The van der Waals surface area contributed by atoms with Gasteiger partial charge in [-0.05, 0) is 50.5 Å². The smallest absolute Gasteiger partial charge is 0.0628 e. The van der Waals surface area contributed by atoms with E-state index in [2.05, 4.69) is 31.3 Å². The molecule has 1 aromatic rings. The Bertz CT molecular complexity index is 416. The number of nitrogens with one attached hydrogen (secondary N) is 1. The Morgan fingerprint density at radius 2 is 1.95 bits per heavy atom. The third kappa shape index (κ3) is 3.18. The molecule has 4 nitrogen and oxygen atoms in total. The Labute approximate surface area is 116 Å². The molecule has 2 rings (SSSR count). The second-order valence-corrected chi connectivity index (χ2v) is 6.27. The van der Waals surface area contributed by atoms with Crippen molar-refractivity contribution in [1.29, 1.82) is 0 Å². The summed E-state index contributed by atoms with van der Waals surface area (Å²) in [6.45, 7) is 6.60. The van der Waals surface area contributed by atoms with Crippen LogP contribution in [0.3, 0.4) is 0 Å². The normalized spacial score (nSPS) is 25.5. The zero-order valence-corrected chi connectivity index (χ0v) is 12.7. The van der Waals surface area contributed by atoms with Gasteiger partial charge in [0.1, 0.15) is 0 Å². The van der Waals surface area contributed by atoms with Gasteiger partial charge in [0.05, 0.1) is 5.69 Å². The first kappa shape index (κ1) is 14.5. The number of hydrogen-bond donors (Lipinski definition) is 2. The Balaban J connectivity index is 2.06. The number of hydrogen-bond acceptors (Lipinski definition) is 3. The van der Waals surface area contributed by atoms with Gasteiger partial charge < -0.3 is 0 Å². The van der Waals surface area contributed by atoms with Crippen LogP contribution in [0.2, 0.25) is 0 Å². The highest BCUT2D eigenvalue weighted by molar-refractivity contribution is 5.25. The molecule has 1 fully saturated rings. The zero-order chi connectivity index (χ0) is 14.0. The first-order chi connectivity index (χ1) is 9.02. The predicted octanol–water partition coefficient (Wildman–Crippen LogP) is 2.24. The lowest BCUT2D eigenvalue weighted by atomic mass is 9.78. The van der Waals surface area contributed by atoms with Gasteiger partial charge in [-0.1, -0.05) is 19.8 Å². The minimum Gasteiger partial charge on any atom is -0.272 e. The van der Waals surface area contributed by atoms with Crippen LogP contribution in [0.15, 0.2) is 0 Å². The molecular weight excluding hydrogens is 236 g/mol. The topological polar surface area (TPSA) is 55.9 Å². The Kier molecular flexibility index (Phi) is 4.63. The molecule has 4 heteroatoms. The van der Waals surface area contributed by atoms with Crippen LogP contribution in [0, 0.1) is 25.7 Å². The van der Waals surface area contributed by atoms with Gasteiger partial charge in [0, 0.05) is 18.8 Å². The number of hydrazine groups is 1. The van der Waals surface area contributed by atoms with Crippen LogP contribution in [-0.2, 0) is 13.5 Å². The molecule has 0 amide bonds. The summed E-state index contributed by atoms with van der Waals surface area (Å²) >= 11 is 0. The third-order valence-electron chi connectivity index (χ3n) is 4.93. The fourth-order valence-electron chi connectivity index (χ4n) is 3.38. The predicted molar refractivity (Wildman–Crippen MR) is 78.6 cm³/mol. The molecule has 1 heterocycles. The van der Waals surface area contributed by atoms with Crippen molar-refractivity contribution in [3.8, 4) is 0 Å². The number of rotatable bonds is 4. The van der Waals surface area contributed by atoms with Crippen molar-refractivity contribution in [2.45, 2.75) is 58.9 Å². The fraction of sp³-hybridized carbons (Fsp3) is 0.800. The molecule has 108 valence electrons. The summed E-state index contributed by atoms with van der Waals surface area (Å²) in [6, 6.07) is 0.383. The Hall–Kier alpha value is -0.870. The molecule has 3 N–H and O–H groups in total. The largest absolute Gasteiger partial charge is 0.272 e. The van der Waals surface area contributed by atoms with E-state index in [-0.39, 0.29) is 0 Å². The van der Waals surface area contributed by atoms with Crippen LogP contribution in [0.25, 0.3) is 0 Å². The van der Waals surface area contributed by atoms with Gasteiger partial charge in [0.25, 0.3) is 0 Å². The highest BCUT2D eigenvalue weighted by atomic mass is 15.3. The number of aromatic nitrogens is 2. The molecule has 1 aliphatic carbocycles. The number of nitrogens with two attached hydrogens (primary N) is 1. The molecule has 1 aliphatic rings. The fourth-order valence-corrected chi connectivity index (χ4v) is 3.38. The van der Waals surface area contributed by atoms with Gasteiger partial charge >= 0.3 is 0 Å². The molecule has 1 saturated carbocycles. The Morgan fingerprint density at radius 1 is 1.32 bits per heavy atom. The first-order valence-corrected chi connectivity index (χ1v) is 7.48. The number of aryl methyl sites for hydroxylation is 2. The van der Waals surface area contributed by atoms with Crippen LogP contribution in [-0.4, -0.2) is 15.8 Å². The maximum Gasteiger partial charge on any atom is 0.0628 e. The van der Waals surface area contributed by atoms with Crippen LogP contribution >= 0.6 is 0 Å². The van der Waals surface area contributed by atoms with Crippen molar-refractivity contribution in [2.75, 3.05) is 0 Å². The Morgan fingerprint density at radius 3 is 2.42 bits per heavy atom. The molecule has 1 aromatic heterocycles. The highest BCUT2D eigenvalue weighted by Gasteiger charge is 2.27. The van der Waals surface area contributed by atoms with Crippen molar-refractivity contribution in [3.63, 3.8) is 0 Å². The summed E-state index contributed by atoms with van der Waals surface area (Å²) in [5.74, 6) is 7.41. The quantitative estimate of drug-likeness (QED) is 0.648. The van der Waals surface area contributed by atoms with Gasteiger partial charge in [0.2, 0.25) is 0 Å². The molecule has 0 aromatic carbocycles. The van der Waals surface area contributed by atoms with Crippen molar-refractivity contribution in [2.24, 2.45) is 24.7 Å². The van der Waals surface area contributed by atoms with Crippen molar-refractivity contribution in [3.05, 3.63) is 17.0 Å². The van der Waals surface area contributed by atoms with Crippen molar-refractivity contribution < 1.29 is 0 Å². The summed E-state index contributed by atoms with van der Waals surface area (Å²) in [5.41, 5.74) is 6.84. The summed E-state index contributed by atoms with van der Waals surface area (Å²) in [6.07, 6.45) is 6.28. The minimum absolute atomic E-state index is 0.383. The highest BCUT2D eigenvalue weighted by Crippen LogP contribution is 2.31. The van der Waals surface area contributed by atoms with Crippen LogP contribution in [0.4, 0.5) is 0 Å². The summed E-state index contributed by atoms with van der Waals surface area (Å²) in [4.78, 5) is 0. The van der Waals surface area contributed by atoms with E-state index < -0.39 is 0 Å². The van der Waals surface area contributed by atoms with E-state index in [1.165, 1.54) is 36.9 Å². The average molecular weight is 264 g/mol. The summed E-state index contributed by atoms with van der Waals surface area (Å²) in [7, 11) is 2.01. The maximum atomic E-state index is 5.82. The van der Waals surface area contributed by atoms with Gasteiger partial charge in [-0.2, -0.15) is 5.10 Å². The minimum atomic E-state index is 0.383. The van der Waals surface area contributed by atoms with E-state index in [4.69, 9.17) is 5.84 Å². The van der Waals surface area contributed by atoms with Crippen LogP contribution < -0.4 is 11.3 Å². The molecule has 0 spiro atoms. The first-order valence-electron chi connectivity index (χ1n) is 7.48. The van der Waals surface area contributed by atoms with E-state index >= 15 is 0 Å². The second-order valence-electron chi connectivity index (χ2n) is 6.27. The van der Waals surface area contributed by atoms with E-state index in [0.29, 0.717) is 12.0 Å². The van der Waals surface area contributed by atoms with E-state index in [1.54, 1.807) is 0 Å². The molecule has 0 bridgehead atoms. The SMILES string of the molecule is Cc1nn(C)c(C)c1CC(NN)C1CCC(C)CC1. The molecule has 1 atom stereocenters. The van der Waals surface area contributed by atoms with Crippen molar-refractivity contribution in [1.82, 2.24) is 15.2 Å². The maximum absolute atomic E-state index is 5.82. The lowest BCUT2D eigenvalue weighted by Crippen LogP contribution is -2.43. The summed E-state index contributed by atoms with van der Waals surface area (Å²) < 4.78 is 1.97. The molecular formula is C15H28N4. The van der Waals surface area contributed by atoms with E-state index in [0.717, 1.165) is 18.0 Å². The van der Waals surface area contributed by atoms with Crippen molar-refractivity contribution >= 4 is 0 Å². The molecule has 0 radical (unpaired) electrons. The standard InChI is InChI=1S/C15H28N4/c1-10-5-7-13(8-6-10)15(17-16)9-14-11(2)18-19(4)12(14)3/h10,13,15,17H,5-9,16H2,1-4H3. The molecule has 19 heavy (non-hydrogen) atoms. The lowest BCUT2D eigenvalue weighted by Gasteiger charge is -2.32. The molecule has 1 unspecified atom stereocenters. The lowest BCUT2D eigenvalue weighted by molar-refractivity contribution is 0.229. The van der Waals surface area contributed by atoms with E-state index in [9.17, 15) is 0 Å². The molecule has 0 aliphatic heterocycles. The zero-order valence-electron chi connectivity index (χ0n) is 12.7. The number of nitrogens with zero attached hydrogens (tertiary/aromatic N) is 2. The van der Waals surface area contributed by atoms with Gasteiger partial charge in [-0.25, -0.2) is 0 Å². The van der Waals surface area contributed by atoms with Gasteiger partial charge in [0.15, 0.2) is 0 Å². The molecule has 0 saturated heterocycles. The second kappa shape index (κ2) is 6.06. The third-order valence-corrected chi connectivity index (χ3v) is 4.93. The summed E-state index contributed by atoms with van der Waals surface area (Å²) in [5, 5.41) is 4.50. The van der Waals surface area contributed by atoms with Gasteiger partial charge in [-0.15, -0.1) is 0 Å². The van der Waals surface area contributed by atoms with Crippen LogP contribution in [0.5, 0.6) is 0 Å². The average Bonchev–Trinajstić information content (AvgIpc) is 2.63. The van der Waals surface area contributed by atoms with E-state index in [1.807, 2.05) is 11.7 Å². The van der Waals surface area contributed by atoms with Gasteiger partial charge in [-0.3, -0.25) is 16.0 Å². The monoisotopic (exact) mass is 264 g/mol. The van der Waals surface area contributed by atoms with Crippen LogP contribution in [0.1, 0.15) is 49.6 Å².